The van der Waals surface area contributed by atoms with E-state index in [0.717, 1.165) is 0 Å². The van der Waals surface area contributed by atoms with Gasteiger partial charge in [-0.1, -0.05) is 26.7 Å². The zero-order valence-corrected chi connectivity index (χ0v) is 7.47. The number of hydrogen-bond acceptors (Lipinski definition) is 1. The van der Waals surface area contributed by atoms with E-state index in [1.807, 2.05) is 0 Å². The third-order valence-electron chi connectivity index (χ3n) is 1.28. The van der Waals surface area contributed by atoms with Crippen LogP contribution < -0.4 is 0 Å². The van der Waals surface area contributed by atoms with Crippen LogP contribution in [0.2, 0.25) is 0 Å². The van der Waals surface area contributed by atoms with E-state index in [0.29, 0.717) is 0 Å². The van der Waals surface area contributed by atoms with Gasteiger partial charge in [0.25, 0.3) is 0 Å². The van der Waals surface area contributed by atoms with Gasteiger partial charge in [-0.05, 0) is 24.3 Å². The summed E-state index contributed by atoms with van der Waals surface area (Å²) in [6.45, 7) is 4.50. The molecule has 0 aliphatic heterocycles. The summed E-state index contributed by atoms with van der Waals surface area (Å²) >= 11 is 2.10. The van der Waals surface area contributed by atoms with Gasteiger partial charge in [0.05, 0.1) is 0 Å². The quantitative estimate of drug-likeness (QED) is 0.436. The molecule has 0 saturated carbocycles. The van der Waals surface area contributed by atoms with E-state index in [9.17, 15) is 0 Å². The van der Waals surface area contributed by atoms with Gasteiger partial charge in [-0.25, -0.2) is 0 Å². The van der Waals surface area contributed by atoms with Gasteiger partial charge in [-0.3, -0.25) is 0 Å². The van der Waals surface area contributed by atoms with Crippen molar-refractivity contribution in [1.29, 1.82) is 0 Å². The fraction of sp³-hybridized carbons (Fsp3) is 1.00. The Bertz CT molecular complexity index is 42.5. The molecule has 0 aromatic heterocycles. The second-order valence-electron chi connectivity index (χ2n) is 2.32. The Balaban J connectivity index is 0. The van der Waals surface area contributed by atoms with Gasteiger partial charge >= 0.3 is 29.6 Å². The first-order valence-corrected chi connectivity index (χ1v) is 5.15. The number of rotatable bonds is 6. The van der Waals surface area contributed by atoms with Crippen molar-refractivity contribution in [3.8, 4) is 0 Å². The summed E-state index contributed by atoms with van der Waals surface area (Å²) in [5.41, 5.74) is 0. The topological polar surface area (TPSA) is 0 Å². The van der Waals surface area contributed by atoms with Crippen LogP contribution in [-0.4, -0.2) is 41.1 Å². The molecule has 0 N–H and O–H groups in total. The first-order valence-electron chi connectivity index (χ1n) is 3.99. The van der Waals surface area contributed by atoms with Crippen LogP contribution in [0.4, 0.5) is 0 Å². The van der Waals surface area contributed by atoms with Gasteiger partial charge in [-0.15, -0.1) is 0 Å². The molecule has 2 heteroatoms. The molecule has 58 valence electrons. The van der Waals surface area contributed by atoms with E-state index >= 15 is 0 Å². The van der Waals surface area contributed by atoms with Gasteiger partial charge in [0.1, 0.15) is 0 Å². The predicted octanol–water partition coefficient (Wildman–Crippen LogP) is 2.67. The molecule has 0 aromatic rings. The van der Waals surface area contributed by atoms with Gasteiger partial charge in [0.15, 0.2) is 0 Å². The van der Waals surface area contributed by atoms with Crippen molar-refractivity contribution in [3.63, 3.8) is 0 Å². The molecule has 0 spiro atoms. The maximum atomic E-state index is 2.25. The third-order valence-corrected chi connectivity index (χ3v) is 2.44. The van der Waals surface area contributed by atoms with E-state index in [1.165, 1.54) is 37.2 Å². The summed E-state index contributed by atoms with van der Waals surface area (Å²) in [5.74, 6) is 2.74. The summed E-state index contributed by atoms with van der Waals surface area (Å²) in [7, 11) is 0. The van der Waals surface area contributed by atoms with Crippen molar-refractivity contribution in [1.82, 2.24) is 0 Å². The molecule has 0 fully saturated rings. The second-order valence-corrected chi connectivity index (χ2v) is 3.54. The van der Waals surface area contributed by atoms with E-state index in [4.69, 9.17) is 0 Å². The molecule has 0 atom stereocenters. The van der Waals surface area contributed by atoms with Crippen LogP contribution in [0.15, 0.2) is 0 Å². The summed E-state index contributed by atoms with van der Waals surface area (Å²) in [5, 5.41) is 0. The van der Waals surface area contributed by atoms with Crippen molar-refractivity contribution >= 4 is 41.3 Å². The molecule has 0 saturated heterocycles. The molecule has 0 aliphatic rings. The molecule has 0 amide bonds. The Morgan fingerprint density at radius 1 is 0.900 bits per heavy atom. The minimum absolute atomic E-state index is 0. The van der Waals surface area contributed by atoms with Gasteiger partial charge in [-0.2, -0.15) is 11.8 Å². The zero-order valence-electron chi connectivity index (χ0n) is 6.65. The standard InChI is InChI=1S/C8H18S.Na.H/c1-3-5-7-9-8-6-4-2;;/h3-8H2,1-2H3;;. The molecule has 0 nitrogen and oxygen atoms in total. The van der Waals surface area contributed by atoms with Crippen LogP contribution in [-0.2, 0) is 0 Å². The average molecular weight is 170 g/mol. The Kier molecular flexibility index (Phi) is 18.0. The number of thioether (sulfide) groups is 1. The fourth-order valence-corrected chi connectivity index (χ4v) is 1.78. The van der Waals surface area contributed by atoms with Crippen LogP contribution >= 0.6 is 11.8 Å². The molecule has 0 unspecified atom stereocenters. The SMILES string of the molecule is CCCCSCCCC.[NaH]. The Morgan fingerprint density at radius 3 is 1.60 bits per heavy atom. The number of unbranched alkanes of at least 4 members (excludes halogenated alkanes) is 2. The Morgan fingerprint density at radius 2 is 1.30 bits per heavy atom. The maximum absolute atomic E-state index is 2.25. The monoisotopic (exact) mass is 170 g/mol. The summed E-state index contributed by atoms with van der Waals surface area (Å²) < 4.78 is 0. The first-order chi connectivity index (χ1) is 4.41. The van der Waals surface area contributed by atoms with E-state index in [1.54, 1.807) is 0 Å². The summed E-state index contributed by atoms with van der Waals surface area (Å²) in [6, 6.07) is 0. The van der Waals surface area contributed by atoms with Crippen molar-refractivity contribution in [2.24, 2.45) is 0 Å². The molecule has 0 heterocycles. The Hall–Kier alpha value is 1.35. The molecule has 0 aliphatic carbocycles. The predicted molar refractivity (Wildman–Crippen MR) is 54.3 cm³/mol. The van der Waals surface area contributed by atoms with E-state index in [2.05, 4.69) is 25.6 Å². The molecule has 10 heavy (non-hydrogen) atoms. The Labute approximate surface area is 91.8 Å². The van der Waals surface area contributed by atoms with Crippen LogP contribution in [0.3, 0.4) is 0 Å². The third kappa shape index (κ3) is 12.1. The molecule has 0 bridgehead atoms. The molecular weight excluding hydrogens is 151 g/mol. The normalized spacial score (nSPS) is 9.00. The van der Waals surface area contributed by atoms with Crippen LogP contribution in [0.5, 0.6) is 0 Å². The van der Waals surface area contributed by atoms with Crippen LogP contribution in [0, 0.1) is 0 Å². The van der Waals surface area contributed by atoms with Crippen molar-refractivity contribution in [3.05, 3.63) is 0 Å². The molecule has 0 aromatic carbocycles. The van der Waals surface area contributed by atoms with Crippen molar-refractivity contribution in [2.45, 2.75) is 39.5 Å². The molecular formula is C8H19NaS. The zero-order chi connectivity index (χ0) is 6.95. The minimum atomic E-state index is 0. The first kappa shape index (κ1) is 13.9. The van der Waals surface area contributed by atoms with Crippen LogP contribution in [0.25, 0.3) is 0 Å². The van der Waals surface area contributed by atoms with Gasteiger partial charge in [0.2, 0.25) is 0 Å². The van der Waals surface area contributed by atoms with Gasteiger partial charge in [0, 0.05) is 0 Å². The van der Waals surface area contributed by atoms with Crippen LogP contribution in [0.1, 0.15) is 39.5 Å². The molecule has 0 radical (unpaired) electrons. The molecule has 0 rings (SSSR count). The van der Waals surface area contributed by atoms with E-state index in [-0.39, 0.29) is 29.6 Å². The van der Waals surface area contributed by atoms with Crippen molar-refractivity contribution in [2.75, 3.05) is 11.5 Å². The average Bonchev–Trinajstić information content (AvgIpc) is 1.89. The van der Waals surface area contributed by atoms with E-state index < -0.39 is 0 Å². The summed E-state index contributed by atoms with van der Waals surface area (Å²) in [6.07, 6.45) is 5.49. The number of hydrogen-bond donors (Lipinski definition) is 0. The second kappa shape index (κ2) is 13.0. The van der Waals surface area contributed by atoms with Gasteiger partial charge < -0.3 is 0 Å². The summed E-state index contributed by atoms with van der Waals surface area (Å²) in [4.78, 5) is 0. The van der Waals surface area contributed by atoms with Crippen molar-refractivity contribution < 1.29 is 0 Å². The fourth-order valence-electron chi connectivity index (χ4n) is 0.595.